The van der Waals surface area contributed by atoms with Crippen LogP contribution < -0.4 is 11.1 Å². The summed E-state index contributed by atoms with van der Waals surface area (Å²) in [6.07, 6.45) is -20.1. The number of nitrogen functional groups attached to an aromatic ring is 1. The Morgan fingerprint density at radius 3 is 2.45 bits per heavy atom. The van der Waals surface area contributed by atoms with Crippen LogP contribution in [0, 0.1) is 0 Å². The minimum atomic E-state index is -3.87. The van der Waals surface area contributed by atoms with E-state index in [1.165, 1.54) is 12.1 Å². The molecule has 5 N–H and O–H groups in total. The second-order valence-corrected chi connectivity index (χ2v) is 4.83. The van der Waals surface area contributed by atoms with Crippen LogP contribution in [-0.4, -0.2) is 28.9 Å². The zero-order valence-electron chi connectivity index (χ0n) is 20.2. The molecule has 0 bridgehead atoms. The van der Waals surface area contributed by atoms with E-state index in [2.05, 4.69) is 5.32 Å². The molecule has 1 aliphatic carbocycles. The van der Waals surface area contributed by atoms with Crippen molar-refractivity contribution in [2.75, 3.05) is 12.3 Å². The van der Waals surface area contributed by atoms with Gasteiger partial charge in [0.25, 0.3) is 0 Å². The number of anilines is 1. The molecule has 0 aliphatic heterocycles. The van der Waals surface area contributed by atoms with Crippen LogP contribution in [0.2, 0.25) is 10.0 Å². The molecule has 0 spiro atoms. The Balaban J connectivity index is 2.48. The molecule has 4 nitrogen and oxygen atoms in total. The van der Waals surface area contributed by atoms with E-state index in [0.29, 0.717) is 0 Å². The van der Waals surface area contributed by atoms with Gasteiger partial charge in [-0.3, -0.25) is 0 Å². The van der Waals surface area contributed by atoms with E-state index in [1.54, 1.807) is 0 Å². The number of hydrogen-bond acceptors (Lipinski definition) is 4. The first-order valence-corrected chi connectivity index (χ1v) is 6.36. The first-order valence-electron chi connectivity index (χ1n) is 10.6. The highest BCUT2D eigenvalue weighted by Gasteiger charge is 2.20. The fourth-order valence-corrected chi connectivity index (χ4v) is 2.01. The van der Waals surface area contributed by atoms with Gasteiger partial charge in [0.15, 0.2) is 0 Å². The van der Waals surface area contributed by atoms with Gasteiger partial charge in [-0.05, 0) is 43.2 Å². The lowest BCUT2D eigenvalue weighted by atomic mass is 9.93. The Morgan fingerprint density at radius 2 is 1.90 bits per heavy atom. The van der Waals surface area contributed by atoms with Gasteiger partial charge in [-0.25, -0.2) is 0 Å². The van der Waals surface area contributed by atoms with Gasteiger partial charge in [-0.15, -0.1) is 0 Å². The lowest BCUT2D eigenvalue weighted by Crippen LogP contribution is -2.36. The van der Waals surface area contributed by atoms with E-state index >= 15 is 0 Å². The molecule has 0 saturated heterocycles. The number of aliphatic hydroxyl groups excluding tert-OH is 1. The molecule has 1 fully saturated rings. The molecular weight excluding hydrogens is 299 g/mol. The summed E-state index contributed by atoms with van der Waals surface area (Å²) in [5.41, 5.74) is 5.71. The third-order valence-corrected chi connectivity index (χ3v) is 3.20. The number of rotatable bonds is 4. The van der Waals surface area contributed by atoms with E-state index in [1.807, 2.05) is 0 Å². The van der Waals surface area contributed by atoms with Gasteiger partial charge in [0.05, 0.1) is 29.3 Å². The van der Waals surface area contributed by atoms with Crippen molar-refractivity contribution in [3.63, 3.8) is 0 Å². The zero-order valence-corrected chi connectivity index (χ0v) is 11.7. The molecule has 0 aromatic heterocycles. The van der Waals surface area contributed by atoms with Crippen molar-refractivity contribution >= 4 is 28.9 Å². The Hall–Kier alpha value is -0.520. The van der Waals surface area contributed by atoms with Gasteiger partial charge in [-0.1, -0.05) is 23.2 Å². The van der Waals surface area contributed by atoms with Crippen LogP contribution in [0.3, 0.4) is 0 Å². The fraction of sp³-hybridized carbons (Fsp3) is 0.571. The van der Waals surface area contributed by atoms with Gasteiger partial charge in [0, 0.05) is 24.9 Å². The molecule has 0 amide bonds. The lowest BCUT2D eigenvalue weighted by Gasteiger charge is -2.27. The summed E-state index contributed by atoms with van der Waals surface area (Å²) in [7, 11) is 0. The normalized spacial score (nSPS) is 49.4. The molecule has 112 valence electrons. The van der Waals surface area contributed by atoms with Gasteiger partial charge in [0.1, 0.15) is 0 Å². The maximum absolute atomic E-state index is 10.4. The zero-order chi connectivity index (χ0) is 23.7. The predicted octanol–water partition coefficient (Wildman–Crippen LogP) is 2.50. The maximum atomic E-state index is 10.4. The lowest BCUT2D eigenvalue weighted by molar-refractivity contribution is 0.109. The van der Waals surface area contributed by atoms with Crippen molar-refractivity contribution < 1.29 is 23.9 Å². The van der Waals surface area contributed by atoms with Crippen LogP contribution in [0.5, 0.6) is 0 Å². The number of hydrogen-bond donors (Lipinski definition) is 4. The summed E-state index contributed by atoms with van der Waals surface area (Å²) in [5.74, 6) is 0. The molecule has 0 heterocycles. The third-order valence-electron chi connectivity index (χ3n) is 2.57. The minimum absolute atomic E-state index is 0.00704. The summed E-state index contributed by atoms with van der Waals surface area (Å²) in [6, 6.07) is -0.906. The van der Waals surface area contributed by atoms with Crippen LogP contribution in [0.1, 0.15) is 50.9 Å². The topological polar surface area (TPSA) is 78.5 Å². The quantitative estimate of drug-likeness (QED) is 0.640. The first-order chi connectivity index (χ1) is 13.2. The van der Waals surface area contributed by atoms with Gasteiger partial charge in [0.2, 0.25) is 0 Å². The number of benzene rings is 1. The van der Waals surface area contributed by atoms with Crippen LogP contribution >= 0.6 is 23.2 Å². The fourth-order valence-electron chi connectivity index (χ4n) is 1.51. The van der Waals surface area contributed by atoms with Gasteiger partial charge in [-0.2, -0.15) is 0 Å². The third kappa shape index (κ3) is 3.99. The van der Waals surface area contributed by atoms with Crippen LogP contribution in [0.15, 0.2) is 12.1 Å². The highest BCUT2D eigenvalue weighted by molar-refractivity contribution is 6.38. The van der Waals surface area contributed by atoms with E-state index < -0.39 is 50.2 Å². The Kier molecular flexibility index (Phi) is 2.49. The van der Waals surface area contributed by atoms with E-state index in [4.69, 9.17) is 42.6 Å². The smallest absolute Gasteiger partial charge is 0.0915 e. The molecule has 6 heteroatoms. The van der Waals surface area contributed by atoms with Gasteiger partial charge < -0.3 is 21.3 Å². The van der Waals surface area contributed by atoms with E-state index in [9.17, 15) is 10.2 Å². The highest BCUT2D eigenvalue weighted by atomic mass is 35.5. The number of nitrogens with two attached hydrogens (primary N) is 1. The minimum Gasteiger partial charge on any atom is -0.396 e. The summed E-state index contributed by atoms with van der Waals surface area (Å²) < 4.78 is 79.5. The largest absolute Gasteiger partial charge is 0.396 e. The number of aliphatic hydroxyl groups is 2. The van der Waals surface area contributed by atoms with Crippen LogP contribution in [0.25, 0.3) is 0 Å². The van der Waals surface area contributed by atoms with Crippen molar-refractivity contribution in [2.24, 2.45) is 0 Å². The molecule has 1 saturated carbocycles. The van der Waals surface area contributed by atoms with Crippen molar-refractivity contribution in [3.05, 3.63) is 27.7 Å². The second kappa shape index (κ2) is 6.96. The molecular formula is C14H20Cl2N2O2. The first kappa shape index (κ1) is 7.16. The molecule has 0 radical (unpaired) electrons. The highest BCUT2D eigenvalue weighted by Crippen LogP contribution is 2.31. The summed E-state index contributed by atoms with van der Waals surface area (Å²) in [6.45, 7) is -0.748. The summed E-state index contributed by atoms with van der Waals surface area (Å²) in [4.78, 5) is 0. The Bertz CT molecular complexity index is 799. The van der Waals surface area contributed by atoms with Crippen LogP contribution in [-0.2, 0) is 0 Å². The maximum Gasteiger partial charge on any atom is 0.0915 e. The number of nitrogens with one attached hydrogen (secondary N) is 1. The second-order valence-electron chi connectivity index (χ2n) is 4.02. The Morgan fingerprint density at radius 1 is 1.35 bits per heavy atom. The monoisotopic (exact) mass is 328 g/mol. The molecule has 1 aromatic rings. The standard InChI is InChI=1S/C14H20Cl2N2O2/c15-11-5-8(6-12(16)14(11)17)13(20)7-18-9-1-3-10(19)4-2-9/h5-6,9-10,13,18-20H,1-4,7,17H2/i1D2,2D2,3D2,4D2,9D,10D. The molecule has 2 rings (SSSR count). The average Bonchev–Trinajstić information content (AvgIpc) is 2.61. The van der Waals surface area contributed by atoms with Crippen molar-refractivity contribution in [2.45, 2.75) is 43.7 Å². The number of halogens is 2. The van der Waals surface area contributed by atoms with Crippen molar-refractivity contribution in [3.8, 4) is 0 Å². The molecule has 1 aliphatic rings. The van der Waals surface area contributed by atoms with E-state index in [0.717, 1.165) is 0 Å². The van der Waals surface area contributed by atoms with Gasteiger partial charge >= 0.3 is 0 Å². The SMILES string of the molecule is [2H]C1([2H])C([2H])([2H])C([2H])(NCC(O)c2cc(Cl)c(N)c(Cl)c2)C([2H])([2H])C([2H])([2H])C1([2H])O. The predicted molar refractivity (Wildman–Crippen MR) is 82.1 cm³/mol. The summed E-state index contributed by atoms with van der Waals surface area (Å²) in [5, 5.41) is 22.5. The Labute approximate surface area is 142 Å². The molecule has 20 heavy (non-hydrogen) atoms. The molecule has 1 unspecified atom stereocenters. The molecule has 1 aromatic carbocycles. The average molecular weight is 329 g/mol. The van der Waals surface area contributed by atoms with Crippen molar-refractivity contribution in [1.29, 1.82) is 0 Å². The van der Waals surface area contributed by atoms with E-state index in [-0.39, 0.29) is 21.3 Å². The van der Waals surface area contributed by atoms with Crippen molar-refractivity contribution in [1.82, 2.24) is 5.32 Å². The molecule has 1 atom stereocenters. The summed E-state index contributed by atoms with van der Waals surface area (Å²) >= 11 is 11.8. The van der Waals surface area contributed by atoms with Crippen LogP contribution in [0.4, 0.5) is 5.69 Å².